The summed E-state index contributed by atoms with van der Waals surface area (Å²) < 4.78 is 43.9. The Morgan fingerprint density at radius 1 is 1.19 bits per heavy atom. The van der Waals surface area contributed by atoms with E-state index in [4.69, 9.17) is 5.73 Å². The highest BCUT2D eigenvalue weighted by molar-refractivity contribution is 5.79. The van der Waals surface area contributed by atoms with E-state index in [1.54, 1.807) is 22.8 Å². The third-order valence-corrected chi connectivity index (χ3v) is 3.01. The molecule has 0 saturated carbocycles. The highest BCUT2D eigenvalue weighted by atomic mass is 19.3. The first-order valence-corrected chi connectivity index (χ1v) is 6.02. The second kappa shape index (κ2) is 5.01. The third kappa shape index (κ3) is 2.37. The van der Waals surface area contributed by atoms with Gasteiger partial charge in [0.15, 0.2) is 11.6 Å². The average Bonchev–Trinajstić information content (AvgIpc) is 2.85. The molecule has 7 heteroatoms. The average molecular weight is 293 g/mol. The van der Waals surface area contributed by atoms with E-state index in [0.717, 1.165) is 17.6 Å². The maximum absolute atomic E-state index is 13.6. The fourth-order valence-corrected chi connectivity index (χ4v) is 2.10. The lowest BCUT2D eigenvalue weighted by Gasteiger charge is -2.12. The van der Waals surface area contributed by atoms with Crippen LogP contribution in [0.25, 0.3) is 16.7 Å². The summed E-state index contributed by atoms with van der Waals surface area (Å²) in [5.74, 6) is -1.51. The number of alkyl halides is 2. The van der Waals surface area contributed by atoms with E-state index in [2.05, 4.69) is 9.72 Å². The van der Waals surface area contributed by atoms with Gasteiger partial charge in [-0.15, -0.1) is 0 Å². The minimum absolute atomic E-state index is 0.0947. The van der Waals surface area contributed by atoms with Gasteiger partial charge >= 0.3 is 6.61 Å². The van der Waals surface area contributed by atoms with Crippen molar-refractivity contribution >= 4 is 16.7 Å². The Balaban J connectivity index is 2.17. The normalized spacial score (nSPS) is 11.2. The largest absolute Gasteiger partial charge is 0.432 e. The number of nitrogen functional groups attached to an aromatic ring is 1. The Bertz CT molecular complexity index is 801. The van der Waals surface area contributed by atoms with Crippen molar-refractivity contribution in [2.75, 3.05) is 5.73 Å². The molecule has 0 spiro atoms. The molecule has 1 heterocycles. The lowest BCUT2D eigenvalue weighted by Crippen LogP contribution is -2.06. The van der Waals surface area contributed by atoms with Gasteiger partial charge in [0.2, 0.25) is 0 Å². The van der Waals surface area contributed by atoms with E-state index < -0.39 is 18.2 Å². The van der Waals surface area contributed by atoms with Gasteiger partial charge in [-0.05, 0) is 12.1 Å². The van der Waals surface area contributed by atoms with Crippen LogP contribution in [-0.2, 0) is 0 Å². The van der Waals surface area contributed by atoms with Crippen LogP contribution in [0.3, 0.4) is 0 Å². The number of benzene rings is 2. The molecule has 0 aliphatic heterocycles. The van der Waals surface area contributed by atoms with Gasteiger partial charge in [0.05, 0.1) is 22.4 Å². The number of halogens is 3. The molecule has 0 atom stereocenters. The first-order valence-electron chi connectivity index (χ1n) is 6.02. The number of ether oxygens (including phenoxy) is 1. The van der Waals surface area contributed by atoms with E-state index >= 15 is 0 Å². The number of anilines is 1. The number of nitrogens with two attached hydrogens (primary N) is 1. The molecule has 0 aliphatic carbocycles. The Morgan fingerprint density at radius 2 is 1.95 bits per heavy atom. The fraction of sp³-hybridized carbons (Fsp3) is 0.0714. The zero-order valence-electron chi connectivity index (χ0n) is 10.6. The molecule has 2 N–H and O–H groups in total. The first-order chi connectivity index (χ1) is 10.1. The SMILES string of the molecule is Nc1cc(F)c(OC(F)F)cc1-n1cnc2ccccc21. The van der Waals surface area contributed by atoms with Gasteiger partial charge in [0.1, 0.15) is 6.33 Å². The van der Waals surface area contributed by atoms with Crippen molar-refractivity contribution in [1.29, 1.82) is 0 Å². The standard InChI is InChI=1S/C14H10F3N3O/c15-8-5-9(18)12(6-13(8)21-14(16)17)20-7-19-10-3-1-2-4-11(10)20/h1-7,14H,18H2. The first kappa shape index (κ1) is 13.3. The number of rotatable bonds is 3. The number of aromatic nitrogens is 2. The van der Waals surface area contributed by atoms with Crippen molar-refractivity contribution in [2.24, 2.45) is 0 Å². The van der Waals surface area contributed by atoms with Crippen molar-refractivity contribution in [3.05, 3.63) is 48.5 Å². The highest BCUT2D eigenvalue weighted by Gasteiger charge is 2.15. The van der Waals surface area contributed by atoms with Crippen LogP contribution in [0.1, 0.15) is 0 Å². The Hall–Kier alpha value is -2.70. The smallest absolute Gasteiger partial charge is 0.387 e. The van der Waals surface area contributed by atoms with Crippen molar-refractivity contribution in [3.63, 3.8) is 0 Å². The number of imidazole rings is 1. The van der Waals surface area contributed by atoms with Crippen LogP contribution in [0, 0.1) is 5.82 Å². The molecule has 1 aromatic heterocycles. The molecule has 0 fully saturated rings. The molecule has 0 amide bonds. The van der Waals surface area contributed by atoms with Gasteiger partial charge in [0.25, 0.3) is 0 Å². The number of hydrogen-bond acceptors (Lipinski definition) is 3. The van der Waals surface area contributed by atoms with Gasteiger partial charge in [-0.2, -0.15) is 8.78 Å². The van der Waals surface area contributed by atoms with Crippen molar-refractivity contribution in [2.45, 2.75) is 6.61 Å². The van der Waals surface area contributed by atoms with Gasteiger partial charge < -0.3 is 10.5 Å². The van der Waals surface area contributed by atoms with Gasteiger partial charge in [0, 0.05) is 12.1 Å². The minimum atomic E-state index is -3.12. The lowest BCUT2D eigenvalue weighted by atomic mass is 10.2. The molecule has 0 radical (unpaired) electrons. The second-order valence-electron chi connectivity index (χ2n) is 4.32. The second-order valence-corrected chi connectivity index (χ2v) is 4.32. The molecular formula is C14H10F3N3O. The van der Waals surface area contributed by atoms with E-state index in [1.807, 2.05) is 6.07 Å². The molecule has 3 rings (SSSR count). The van der Waals surface area contributed by atoms with E-state index in [9.17, 15) is 13.2 Å². The summed E-state index contributed by atoms with van der Waals surface area (Å²) in [7, 11) is 0. The van der Waals surface area contributed by atoms with E-state index in [0.29, 0.717) is 11.2 Å². The van der Waals surface area contributed by atoms with Crippen LogP contribution in [-0.4, -0.2) is 16.2 Å². The summed E-state index contributed by atoms with van der Waals surface area (Å²) in [6.07, 6.45) is 1.49. The summed E-state index contributed by atoms with van der Waals surface area (Å²) in [4.78, 5) is 4.17. The van der Waals surface area contributed by atoms with E-state index in [1.165, 1.54) is 6.33 Å². The fourth-order valence-electron chi connectivity index (χ4n) is 2.10. The summed E-state index contributed by atoms with van der Waals surface area (Å²) in [5.41, 5.74) is 7.61. The summed E-state index contributed by atoms with van der Waals surface area (Å²) in [6, 6.07) is 9.28. The lowest BCUT2D eigenvalue weighted by molar-refractivity contribution is -0.0521. The third-order valence-electron chi connectivity index (χ3n) is 3.01. The van der Waals surface area contributed by atoms with Gasteiger partial charge in [-0.25, -0.2) is 9.37 Å². The van der Waals surface area contributed by atoms with E-state index in [-0.39, 0.29) is 5.69 Å². The van der Waals surface area contributed by atoms with Crippen LogP contribution in [0.2, 0.25) is 0 Å². The molecule has 0 aliphatic rings. The zero-order valence-corrected chi connectivity index (χ0v) is 10.6. The molecule has 2 aromatic carbocycles. The molecule has 4 nitrogen and oxygen atoms in total. The molecule has 21 heavy (non-hydrogen) atoms. The van der Waals surface area contributed by atoms with Gasteiger partial charge in [-0.3, -0.25) is 4.57 Å². The Labute approximate surface area is 117 Å². The summed E-state index contributed by atoms with van der Waals surface area (Å²) in [6.45, 7) is -3.12. The highest BCUT2D eigenvalue weighted by Crippen LogP contribution is 2.30. The van der Waals surface area contributed by atoms with Crippen LogP contribution in [0.15, 0.2) is 42.7 Å². The van der Waals surface area contributed by atoms with Crippen molar-refractivity contribution in [1.82, 2.24) is 9.55 Å². The Kier molecular flexibility index (Phi) is 3.17. The molecule has 0 bridgehead atoms. The molecule has 0 saturated heterocycles. The van der Waals surface area contributed by atoms with Gasteiger partial charge in [-0.1, -0.05) is 12.1 Å². The van der Waals surface area contributed by atoms with Crippen LogP contribution in [0.5, 0.6) is 5.75 Å². The molecular weight excluding hydrogens is 283 g/mol. The monoisotopic (exact) mass is 293 g/mol. The number of para-hydroxylation sites is 2. The molecule has 108 valence electrons. The predicted molar refractivity (Wildman–Crippen MR) is 72.1 cm³/mol. The topological polar surface area (TPSA) is 53.1 Å². The predicted octanol–water partition coefficient (Wildman–Crippen LogP) is 3.35. The van der Waals surface area contributed by atoms with Crippen LogP contribution in [0.4, 0.5) is 18.9 Å². The maximum atomic E-state index is 13.6. The summed E-state index contributed by atoms with van der Waals surface area (Å²) >= 11 is 0. The Morgan fingerprint density at radius 3 is 2.71 bits per heavy atom. The number of fused-ring (bicyclic) bond motifs is 1. The number of hydrogen-bond donors (Lipinski definition) is 1. The summed E-state index contributed by atoms with van der Waals surface area (Å²) in [5, 5.41) is 0. The van der Waals surface area contributed by atoms with Crippen molar-refractivity contribution < 1.29 is 17.9 Å². The van der Waals surface area contributed by atoms with Crippen LogP contribution < -0.4 is 10.5 Å². The number of nitrogens with zero attached hydrogens (tertiary/aromatic N) is 2. The maximum Gasteiger partial charge on any atom is 0.387 e. The molecule has 0 unspecified atom stereocenters. The van der Waals surface area contributed by atoms with Crippen molar-refractivity contribution in [3.8, 4) is 11.4 Å². The minimum Gasteiger partial charge on any atom is -0.432 e. The zero-order chi connectivity index (χ0) is 15.0. The quantitative estimate of drug-likeness (QED) is 0.753. The van der Waals surface area contributed by atoms with Crippen LogP contribution >= 0.6 is 0 Å². The molecule has 3 aromatic rings.